The molecule has 0 radical (unpaired) electrons. The number of pyridine rings is 2. The summed E-state index contributed by atoms with van der Waals surface area (Å²) in [5.74, 6) is 1.23. The van der Waals surface area contributed by atoms with Crippen molar-refractivity contribution in [1.29, 1.82) is 0 Å². The van der Waals surface area contributed by atoms with Crippen molar-refractivity contribution in [3.05, 3.63) is 54.9 Å². The van der Waals surface area contributed by atoms with E-state index in [0.717, 1.165) is 54.8 Å². The normalized spacial score (nSPS) is 14.8. The van der Waals surface area contributed by atoms with Crippen LogP contribution in [0.15, 0.2) is 49.1 Å². The standard InChI is InChI=1S/C23H22FN9/c24-16-13-33(12-14-3-7-25-8-4-14)23-22(16)28-11-20(30-23)29-19-10-18(31-32-19)15-5-9-26-17-2-1-6-27-21(15)17/h1-2,5-6,9-11,13-14,25H,3-4,7-8,12H2,(H2,29,30,31,32). The Kier molecular flexibility index (Phi) is 4.91. The molecule has 0 atom stereocenters. The molecule has 10 heteroatoms. The molecule has 0 amide bonds. The predicted octanol–water partition coefficient (Wildman–Crippen LogP) is 3.65. The molecule has 5 aromatic rings. The van der Waals surface area contributed by atoms with Gasteiger partial charge in [-0.15, -0.1) is 0 Å². The lowest BCUT2D eigenvalue weighted by atomic mass is 9.98. The lowest BCUT2D eigenvalue weighted by Gasteiger charge is -2.23. The van der Waals surface area contributed by atoms with Crippen LogP contribution in [0.25, 0.3) is 33.5 Å². The van der Waals surface area contributed by atoms with Crippen molar-refractivity contribution in [2.24, 2.45) is 5.92 Å². The Hall–Kier alpha value is -3.92. The van der Waals surface area contributed by atoms with Gasteiger partial charge in [-0.05, 0) is 50.0 Å². The molecular formula is C23H22FN9. The Morgan fingerprint density at radius 3 is 2.88 bits per heavy atom. The summed E-state index contributed by atoms with van der Waals surface area (Å²) in [6.45, 7) is 2.72. The quantitative estimate of drug-likeness (QED) is 0.380. The van der Waals surface area contributed by atoms with Crippen LogP contribution in [-0.2, 0) is 6.54 Å². The van der Waals surface area contributed by atoms with Crippen LogP contribution in [0.1, 0.15) is 12.8 Å². The molecule has 0 spiro atoms. The van der Waals surface area contributed by atoms with E-state index in [2.05, 4.69) is 40.8 Å². The molecular weight excluding hydrogens is 421 g/mol. The summed E-state index contributed by atoms with van der Waals surface area (Å²) in [5, 5.41) is 13.9. The maximum atomic E-state index is 14.5. The number of nitrogens with zero attached hydrogens (tertiary/aromatic N) is 6. The topological polar surface area (TPSA) is 109 Å². The Bertz CT molecular complexity index is 1430. The van der Waals surface area contributed by atoms with Crippen molar-refractivity contribution in [3.63, 3.8) is 0 Å². The fourth-order valence-electron chi connectivity index (χ4n) is 4.40. The van der Waals surface area contributed by atoms with Crippen molar-refractivity contribution in [1.82, 2.24) is 40.0 Å². The van der Waals surface area contributed by atoms with Gasteiger partial charge in [0.25, 0.3) is 0 Å². The Balaban J connectivity index is 1.28. The third-order valence-electron chi connectivity index (χ3n) is 6.06. The van der Waals surface area contributed by atoms with Gasteiger partial charge in [-0.3, -0.25) is 15.1 Å². The average molecular weight is 443 g/mol. The largest absolute Gasteiger partial charge is 0.328 e. The molecule has 6 heterocycles. The molecule has 6 rings (SSSR count). The second kappa shape index (κ2) is 8.21. The summed E-state index contributed by atoms with van der Waals surface area (Å²) in [5.41, 5.74) is 4.14. The number of halogens is 1. The average Bonchev–Trinajstić information content (AvgIpc) is 3.43. The van der Waals surface area contributed by atoms with Gasteiger partial charge >= 0.3 is 0 Å². The first kappa shape index (κ1) is 19.7. The van der Waals surface area contributed by atoms with E-state index in [1.165, 1.54) is 12.4 Å². The van der Waals surface area contributed by atoms with Crippen LogP contribution in [0.3, 0.4) is 0 Å². The predicted molar refractivity (Wildman–Crippen MR) is 123 cm³/mol. The van der Waals surface area contributed by atoms with E-state index >= 15 is 0 Å². The summed E-state index contributed by atoms with van der Waals surface area (Å²) in [4.78, 5) is 17.8. The summed E-state index contributed by atoms with van der Waals surface area (Å²) in [6.07, 6.45) is 8.66. The van der Waals surface area contributed by atoms with Gasteiger partial charge < -0.3 is 15.2 Å². The van der Waals surface area contributed by atoms with Crippen LogP contribution in [0, 0.1) is 11.7 Å². The van der Waals surface area contributed by atoms with Gasteiger partial charge in [0.15, 0.2) is 23.1 Å². The number of hydrogen-bond donors (Lipinski definition) is 3. The summed E-state index contributed by atoms with van der Waals surface area (Å²) < 4.78 is 16.3. The van der Waals surface area contributed by atoms with E-state index in [1.807, 2.05) is 28.8 Å². The highest BCUT2D eigenvalue weighted by Gasteiger charge is 2.18. The number of H-pyrrole nitrogens is 1. The molecule has 1 aliphatic rings. The molecule has 0 unspecified atom stereocenters. The van der Waals surface area contributed by atoms with E-state index in [0.29, 0.717) is 23.2 Å². The Labute approximate surface area is 188 Å². The van der Waals surface area contributed by atoms with Crippen LogP contribution < -0.4 is 10.6 Å². The molecule has 9 nitrogen and oxygen atoms in total. The lowest BCUT2D eigenvalue weighted by Crippen LogP contribution is -2.29. The molecule has 1 saturated heterocycles. The number of fused-ring (bicyclic) bond motifs is 2. The molecule has 1 aliphatic heterocycles. The van der Waals surface area contributed by atoms with Gasteiger partial charge in [-0.2, -0.15) is 5.10 Å². The molecule has 1 fully saturated rings. The van der Waals surface area contributed by atoms with Gasteiger partial charge in [-0.1, -0.05) is 0 Å². The second-order valence-corrected chi connectivity index (χ2v) is 8.27. The highest BCUT2D eigenvalue weighted by molar-refractivity contribution is 5.90. The molecule has 0 aromatic carbocycles. The third kappa shape index (κ3) is 3.78. The van der Waals surface area contributed by atoms with Crippen LogP contribution >= 0.6 is 0 Å². The Morgan fingerprint density at radius 2 is 1.97 bits per heavy atom. The maximum absolute atomic E-state index is 14.5. The molecule has 0 saturated carbocycles. The zero-order valence-electron chi connectivity index (χ0n) is 17.8. The van der Waals surface area contributed by atoms with Crippen molar-refractivity contribution < 1.29 is 4.39 Å². The number of piperidine rings is 1. The SMILES string of the molecule is Fc1cn(CC2CCNCC2)c2nc(Nc3cc(-c4ccnc5cccnc45)[nH]n3)cnc12. The fourth-order valence-corrected chi connectivity index (χ4v) is 4.40. The van der Waals surface area contributed by atoms with Crippen LogP contribution in [0.5, 0.6) is 0 Å². The van der Waals surface area contributed by atoms with E-state index < -0.39 is 0 Å². The van der Waals surface area contributed by atoms with Gasteiger partial charge in [0, 0.05) is 36.8 Å². The zero-order chi connectivity index (χ0) is 22.2. The van der Waals surface area contributed by atoms with Gasteiger partial charge in [0.2, 0.25) is 0 Å². The highest BCUT2D eigenvalue weighted by atomic mass is 19.1. The summed E-state index contributed by atoms with van der Waals surface area (Å²) in [7, 11) is 0. The minimum atomic E-state index is -0.350. The van der Waals surface area contributed by atoms with Crippen molar-refractivity contribution in [3.8, 4) is 11.3 Å². The van der Waals surface area contributed by atoms with Gasteiger partial charge in [0.05, 0.1) is 22.9 Å². The minimum absolute atomic E-state index is 0.284. The fraction of sp³-hybridized carbons (Fsp3) is 0.261. The van der Waals surface area contributed by atoms with Gasteiger partial charge in [0.1, 0.15) is 5.52 Å². The maximum Gasteiger partial charge on any atom is 0.168 e. The monoisotopic (exact) mass is 443 g/mol. The van der Waals surface area contributed by atoms with Crippen molar-refractivity contribution in [2.75, 3.05) is 18.4 Å². The molecule has 3 N–H and O–H groups in total. The number of rotatable bonds is 5. The van der Waals surface area contributed by atoms with Gasteiger partial charge in [-0.25, -0.2) is 14.4 Å². The zero-order valence-corrected chi connectivity index (χ0v) is 17.8. The number of anilines is 2. The van der Waals surface area contributed by atoms with Crippen LogP contribution in [0.2, 0.25) is 0 Å². The molecule has 166 valence electrons. The highest BCUT2D eigenvalue weighted by Crippen LogP contribution is 2.27. The second-order valence-electron chi connectivity index (χ2n) is 8.27. The number of aromatic nitrogens is 7. The first-order valence-corrected chi connectivity index (χ1v) is 11.0. The van der Waals surface area contributed by atoms with E-state index in [1.54, 1.807) is 12.4 Å². The number of aromatic amines is 1. The van der Waals surface area contributed by atoms with Crippen molar-refractivity contribution >= 4 is 33.8 Å². The molecule has 0 aliphatic carbocycles. The first-order valence-electron chi connectivity index (χ1n) is 11.0. The third-order valence-corrected chi connectivity index (χ3v) is 6.06. The molecule has 0 bridgehead atoms. The van der Waals surface area contributed by atoms with Crippen LogP contribution in [-0.4, -0.2) is 47.8 Å². The number of nitrogens with one attached hydrogen (secondary N) is 3. The first-order chi connectivity index (χ1) is 16.2. The lowest BCUT2D eigenvalue weighted by molar-refractivity contribution is 0.335. The van der Waals surface area contributed by atoms with E-state index in [-0.39, 0.29) is 11.3 Å². The Morgan fingerprint density at radius 1 is 1.06 bits per heavy atom. The smallest absolute Gasteiger partial charge is 0.168 e. The molecule has 5 aromatic heterocycles. The summed E-state index contributed by atoms with van der Waals surface area (Å²) in [6, 6.07) is 7.56. The minimum Gasteiger partial charge on any atom is -0.328 e. The molecule has 33 heavy (non-hydrogen) atoms. The van der Waals surface area contributed by atoms with Crippen molar-refractivity contribution in [2.45, 2.75) is 19.4 Å². The number of hydrogen-bond acceptors (Lipinski definition) is 7. The van der Waals surface area contributed by atoms with Crippen LogP contribution in [0.4, 0.5) is 16.0 Å². The van der Waals surface area contributed by atoms with E-state index in [4.69, 9.17) is 0 Å². The van der Waals surface area contributed by atoms with E-state index in [9.17, 15) is 4.39 Å². The summed E-state index contributed by atoms with van der Waals surface area (Å²) >= 11 is 0.